The van der Waals surface area contributed by atoms with Gasteiger partial charge in [0.05, 0.1) is 11.7 Å². The zero-order valence-electron chi connectivity index (χ0n) is 11.2. The van der Waals surface area contributed by atoms with E-state index in [4.69, 9.17) is 5.11 Å². The standard InChI is InChI=1S/C13H21NO3S/c1-13(2,3)18-7-11(15)14-8-4-5-10(14)9(6-8)12(16)17/h8-10H,4-7H2,1-3H3,(H,16,17). The Hall–Kier alpha value is -0.710. The van der Waals surface area contributed by atoms with E-state index in [9.17, 15) is 9.59 Å². The molecule has 18 heavy (non-hydrogen) atoms. The average Bonchev–Trinajstić information content (AvgIpc) is 2.81. The maximum Gasteiger partial charge on any atom is 0.308 e. The summed E-state index contributed by atoms with van der Waals surface area (Å²) in [6, 6.07) is 0.115. The minimum atomic E-state index is -0.747. The van der Waals surface area contributed by atoms with E-state index in [2.05, 4.69) is 20.8 Å². The Morgan fingerprint density at radius 3 is 2.50 bits per heavy atom. The molecule has 0 aromatic heterocycles. The van der Waals surface area contributed by atoms with Crippen LogP contribution >= 0.6 is 11.8 Å². The highest BCUT2D eigenvalue weighted by atomic mass is 32.2. The zero-order valence-corrected chi connectivity index (χ0v) is 12.0. The maximum absolute atomic E-state index is 12.2. The number of rotatable bonds is 3. The Labute approximate surface area is 112 Å². The number of aliphatic carboxylic acids is 1. The van der Waals surface area contributed by atoms with Crippen LogP contribution in [0.3, 0.4) is 0 Å². The summed E-state index contributed by atoms with van der Waals surface area (Å²) in [6.07, 6.45) is 2.47. The number of carboxylic acids is 1. The highest BCUT2D eigenvalue weighted by molar-refractivity contribution is 8.01. The number of carbonyl (C=O) groups is 2. The summed E-state index contributed by atoms with van der Waals surface area (Å²) < 4.78 is 0.0701. The summed E-state index contributed by atoms with van der Waals surface area (Å²) in [5, 5.41) is 9.15. The number of nitrogens with zero attached hydrogens (tertiary/aromatic N) is 1. The first-order chi connectivity index (χ1) is 8.29. The van der Waals surface area contributed by atoms with Crippen LogP contribution in [-0.4, -0.2) is 44.5 Å². The van der Waals surface area contributed by atoms with Crippen molar-refractivity contribution in [1.29, 1.82) is 0 Å². The fraction of sp³-hybridized carbons (Fsp3) is 0.846. The fourth-order valence-corrected chi connectivity index (χ4v) is 3.70. The number of thioether (sulfide) groups is 1. The summed E-state index contributed by atoms with van der Waals surface area (Å²) in [5.74, 6) is -0.509. The van der Waals surface area contributed by atoms with Crippen molar-refractivity contribution in [1.82, 2.24) is 4.90 Å². The van der Waals surface area contributed by atoms with Crippen LogP contribution in [0.1, 0.15) is 40.0 Å². The molecule has 0 aromatic carbocycles. The molecule has 2 bridgehead atoms. The van der Waals surface area contributed by atoms with Crippen LogP contribution < -0.4 is 0 Å². The van der Waals surface area contributed by atoms with Crippen LogP contribution in [0.2, 0.25) is 0 Å². The van der Waals surface area contributed by atoms with Crippen LogP contribution in [0.25, 0.3) is 0 Å². The summed E-state index contributed by atoms with van der Waals surface area (Å²) in [4.78, 5) is 25.2. The predicted molar refractivity (Wildman–Crippen MR) is 71.6 cm³/mol. The molecule has 5 heteroatoms. The van der Waals surface area contributed by atoms with Crippen LogP contribution in [0.15, 0.2) is 0 Å². The third-order valence-electron chi connectivity index (χ3n) is 3.77. The number of carbonyl (C=O) groups excluding carboxylic acids is 1. The molecule has 3 atom stereocenters. The average molecular weight is 271 g/mol. The monoisotopic (exact) mass is 271 g/mol. The van der Waals surface area contributed by atoms with Gasteiger partial charge in [0.25, 0.3) is 0 Å². The molecule has 2 aliphatic rings. The molecule has 2 saturated heterocycles. The Bertz CT molecular complexity index is 364. The van der Waals surface area contributed by atoms with E-state index >= 15 is 0 Å². The number of hydrogen-bond donors (Lipinski definition) is 1. The van der Waals surface area contributed by atoms with Crippen LogP contribution in [0, 0.1) is 5.92 Å². The van der Waals surface area contributed by atoms with Gasteiger partial charge in [0.15, 0.2) is 0 Å². The lowest BCUT2D eigenvalue weighted by Crippen LogP contribution is -2.39. The summed E-state index contributed by atoms with van der Waals surface area (Å²) >= 11 is 1.63. The van der Waals surface area contributed by atoms with Crippen LogP contribution in [0.4, 0.5) is 0 Å². The van der Waals surface area contributed by atoms with Crippen LogP contribution in [-0.2, 0) is 9.59 Å². The van der Waals surface area contributed by atoms with Gasteiger partial charge in [0.1, 0.15) is 0 Å². The molecular weight excluding hydrogens is 250 g/mol. The Kier molecular flexibility index (Phi) is 3.63. The second-order valence-corrected chi connectivity index (χ2v) is 7.98. The first-order valence-corrected chi connectivity index (χ1v) is 7.46. The van der Waals surface area contributed by atoms with E-state index in [1.807, 2.05) is 4.90 Å². The number of amides is 1. The smallest absolute Gasteiger partial charge is 0.308 e. The number of hydrogen-bond acceptors (Lipinski definition) is 3. The molecule has 2 fully saturated rings. The highest BCUT2D eigenvalue weighted by Crippen LogP contribution is 2.42. The van der Waals surface area contributed by atoms with Gasteiger partial charge < -0.3 is 10.0 Å². The Balaban J connectivity index is 1.98. The Morgan fingerprint density at radius 2 is 2.00 bits per heavy atom. The SMILES string of the molecule is CC(C)(C)SCC(=O)N1C2CCC1C(C(=O)O)C2. The fourth-order valence-electron chi connectivity index (χ4n) is 3.00. The number of fused-ring (bicyclic) bond motifs is 2. The van der Waals surface area contributed by atoms with E-state index < -0.39 is 5.97 Å². The van der Waals surface area contributed by atoms with Gasteiger partial charge in [0.2, 0.25) is 5.91 Å². The molecule has 2 rings (SSSR count). The van der Waals surface area contributed by atoms with Gasteiger partial charge in [-0.1, -0.05) is 20.8 Å². The molecule has 2 heterocycles. The first kappa shape index (κ1) is 13.7. The second kappa shape index (κ2) is 4.76. The summed E-state index contributed by atoms with van der Waals surface area (Å²) in [6.45, 7) is 6.26. The molecule has 0 spiro atoms. The van der Waals surface area contributed by atoms with E-state index in [0.717, 1.165) is 12.8 Å². The minimum absolute atomic E-state index is 0.0550. The first-order valence-electron chi connectivity index (χ1n) is 6.47. The molecule has 4 nitrogen and oxygen atoms in total. The third kappa shape index (κ3) is 2.66. The van der Waals surface area contributed by atoms with Crippen LogP contribution in [0.5, 0.6) is 0 Å². The van der Waals surface area contributed by atoms with Gasteiger partial charge in [-0.25, -0.2) is 0 Å². The molecule has 0 aliphatic carbocycles. The lowest BCUT2D eigenvalue weighted by molar-refractivity contribution is -0.143. The number of carboxylic acid groups (broad SMARTS) is 1. The van der Waals surface area contributed by atoms with E-state index in [0.29, 0.717) is 12.2 Å². The van der Waals surface area contributed by atoms with Crippen molar-refractivity contribution in [2.75, 3.05) is 5.75 Å². The molecule has 2 aliphatic heterocycles. The van der Waals surface area contributed by atoms with Crippen molar-refractivity contribution in [2.45, 2.75) is 56.9 Å². The van der Waals surface area contributed by atoms with Gasteiger partial charge >= 0.3 is 5.97 Å². The highest BCUT2D eigenvalue weighted by Gasteiger charge is 2.51. The molecule has 0 saturated carbocycles. The lowest BCUT2D eigenvalue weighted by Gasteiger charge is -2.25. The quantitative estimate of drug-likeness (QED) is 0.852. The van der Waals surface area contributed by atoms with Crippen molar-refractivity contribution in [3.63, 3.8) is 0 Å². The summed E-state index contributed by atoms with van der Waals surface area (Å²) in [7, 11) is 0. The van der Waals surface area contributed by atoms with E-state index in [-0.39, 0.29) is 28.7 Å². The largest absolute Gasteiger partial charge is 0.481 e. The van der Waals surface area contributed by atoms with E-state index in [1.165, 1.54) is 0 Å². The predicted octanol–water partition coefficient (Wildman–Crippen LogP) is 1.98. The van der Waals surface area contributed by atoms with Gasteiger partial charge in [-0.2, -0.15) is 0 Å². The van der Waals surface area contributed by atoms with Crippen molar-refractivity contribution in [3.8, 4) is 0 Å². The van der Waals surface area contributed by atoms with E-state index in [1.54, 1.807) is 11.8 Å². The molecule has 102 valence electrons. The molecular formula is C13H21NO3S. The van der Waals surface area contributed by atoms with Crippen molar-refractivity contribution >= 4 is 23.6 Å². The minimum Gasteiger partial charge on any atom is -0.481 e. The molecule has 1 amide bonds. The van der Waals surface area contributed by atoms with Gasteiger partial charge in [-0.3, -0.25) is 9.59 Å². The van der Waals surface area contributed by atoms with Crippen molar-refractivity contribution in [2.24, 2.45) is 5.92 Å². The van der Waals surface area contributed by atoms with Gasteiger partial charge in [-0.05, 0) is 19.3 Å². The molecule has 0 radical (unpaired) electrons. The van der Waals surface area contributed by atoms with Crippen molar-refractivity contribution in [3.05, 3.63) is 0 Å². The van der Waals surface area contributed by atoms with Gasteiger partial charge in [0, 0.05) is 16.8 Å². The molecule has 3 unspecified atom stereocenters. The zero-order chi connectivity index (χ0) is 13.5. The van der Waals surface area contributed by atoms with Gasteiger partial charge in [-0.15, -0.1) is 11.8 Å². The third-order valence-corrected chi connectivity index (χ3v) is 5.03. The molecule has 0 aromatic rings. The molecule has 1 N–H and O–H groups in total. The second-order valence-electron chi connectivity index (χ2n) is 6.18. The summed E-state index contributed by atoms with van der Waals surface area (Å²) in [5.41, 5.74) is 0. The Morgan fingerprint density at radius 1 is 1.33 bits per heavy atom. The lowest BCUT2D eigenvalue weighted by atomic mass is 9.89. The van der Waals surface area contributed by atoms with Crippen molar-refractivity contribution < 1.29 is 14.7 Å². The normalized spacial score (nSPS) is 30.8. The topological polar surface area (TPSA) is 57.6 Å². The maximum atomic E-state index is 12.2.